The van der Waals surface area contributed by atoms with E-state index >= 15 is 0 Å². The summed E-state index contributed by atoms with van der Waals surface area (Å²) < 4.78 is 10.0. The number of benzene rings is 3. The number of fused-ring (bicyclic) bond motifs is 1. The molecule has 6 rings (SSSR count). The number of aromatic nitrogens is 2. The topological polar surface area (TPSA) is 65.6 Å². The van der Waals surface area contributed by atoms with Crippen molar-refractivity contribution in [2.24, 2.45) is 4.99 Å². The molecule has 0 amide bonds. The van der Waals surface area contributed by atoms with Gasteiger partial charge in [0.1, 0.15) is 0 Å². The first-order chi connectivity index (χ1) is 21.3. The zero-order valence-electron chi connectivity index (χ0n) is 25.3. The van der Waals surface area contributed by atoms with Crippen molar-refractivity contribution in [2.45, 2.75) is 38.6 Å². The maximum atomic E-state index is 14.3. The minimum atomic E-state index is -0.696. The van der Waals surface area contributed by atoms with Gasteiger partial charge >= 0.3 is 5.97 Å². The van der Waals surface area contributed by atoms with E-state index in [1.54, 1.807) is 23.3 Å². The Kier molecular flexibility index (Phi) is 8.29. The molecular formula is C36H33N3O3S2. The van der Waals surface area contributed by atoms with Crippen molar-refractivity contribution < 1.29 is 9.53 Å². The third-order valence-electron chi connectivity index (χ3n) is 7.82. The van der Waals surface area contributed by atoms with Crippen LogP contribution in [0.2, 0.25) is 0 Å². The lowest BCUT2D eigenvalue weighted by Crippen LogP contribution is -2.40. The molecule has 0 unspecified atom stereocenters. The molecule has 222 valence electrons. The van der Waals surface area contributed by atoms with E-state index in [2.05, 4.69) is 55.7 Å². The summed E-state index contributed by atoms with van der Waals surface area (Å²) in [7, 11) is 0. The molecule has 2 aromatic heterocycles. The minimum Gasteiger partial charge on any atom is -0.463 e. The minimum absolute atomic E-state index is 0.193. The van der Waals surface area contributed by atoms with E-state index < -0.39 is 12.0 Å². The molecule has 8 heteroatoms. The van der Waals surface area contributed by atoms with Gasteiger partial charge in [0.25, 0.3) is 5.56 Å². The van der Waals surface area contributed by atoms with Gasteiger partial charge in [0.15, 0.2) is 4.80 Å². The first kappa shape index (κ1) is 29.7. The number of hydrogen-bond acceptors (Lipinski definition) is 6. The van der Waals surface area contributed by atoms with E-state index in [-0.39, 0.29) is 12.2 Å². The highest BCUT2D eigenvalue weighted by Crippen LogP contribution is 2.35. The molecule has 0 bridgehead atoms. The van der Waals surface area contributed by atoms with Crippen LogP contribution in [0.1, 0.15) is 46.6 Å². The average Bonchev–Trinajstić information content (AvgIpc) is 3.50. The Balaban J connectivity index is 1.60. The second kappa shape index (κ2) is 12.3. The Labute approximate surface area is 264 Å². The van der Waals surface area contributed by atoms with E-state index in [0.717, 1.165) is 38.7 Å². The Morgan fingerprint density at radius 3 is 2.43 bits per heavy atom. The fourth-order valence-electron chi connectivity index (χ4n) is 5.78. The number of thioether (sulfide) groups is 1. The highest BCUT2D eigenvalue weighted by Gasteiger charge is 2.35. The van der Waals surface area contributed by atoms with E-state index in [9.17, 15) is 9.59 Å². The molecule has 44 heavy (non-hydrogen) atoms. The van der Waals surface area contributed by atoms with Crippen molar-refractivity contribution in [3.05, 3.63) is 144 Å². The molecule has 3 aromatic carbocycles. The van der Waals surface area contributed by atoms with E-state index in [1.165, 1.54) is 16.9 Å². The third kappa shape index (κ3) is 5.40. The van der Waals surface area contributed by atoms with Gasteiger partial charge in [-0.15, -0.1) is 11.8 Å². The molecule has 0 saturated heterocycles. The van der Waals surface area contributed by atoms with Gasteiger partial charge in [-0.05, 0) is 87.0 Å². The number of rotatable bonds is 7. The third-order valence-corrected chi connectivity index (χ3v) is 9.55. The Bertz CT molecular complexity index is 2080. The quantitative estimate of drug-likeness (QED) is 0.157. The molecule has 5 aromatic rings. The van der Waals surface area contributed by atoms with Crippen molar-refractivity contribution in [3.63, 3.8) is 0 Å². The van der Waals surface area contributed by atoms with E-state index in [4.69, 9.17) is 9.73 Å². The van der Waals surface area contributed by atoms with Crippen molar-refractivity contribution in [1.82, 2.24) is 9.13 Å². The largest absolute Gasteiger partial charge is 0.463 e. The van der Waals surface area contributed by atoms with Crippen LogP contribution in [0, 0.1) is 20.8 Å². The molecule has 1 atom stereocenters. The number of thiazole rings is 1. The van der Waals surface area contributed by atoms with Gasteiger partial charge in [0, 0.05) is 27.5 Å². The Morgan fingerprint density at radius 1 is 1.00 bits per heavy atom. The number of ether oxygens (including phenoxy) is 1. The van der Waals surface area contributed by atoms with Gasteiger partial charge < -0.3 is 9.30 Å². The molecule has 1 aliphatic heterocycles. The predicted octanol–water partition coefficient (Wildman–Crippen LogP) is 6.37. The standard InChI is InChI=1S/C36H33N3O3S2/c1-6-42-35(41)31-32(25-12-8-7-9-13-25)37-36-39(33(31)26-15-17-29(43-5)18-16-26)34(40)30(44-36)21-27-20-23(3)38(24(27)4)28-14-10-11-22(2)19-28/h7-21,33H,6H2,1-5H3/b30-21+/t33-/m1/s1. The number of carbonyl (C=O) groups is 1. The maximum absolute atomic E-state index is 14.3. The van der Waals surface area contributed by atoms with Crippen LogP contribution in [0.15, 0.2) is 105 Å². The zero-order valence-corrected chi connectivity index (χ0v) is 27.0. The summed E-state index contributed by atoms with van der Waals surface area (Å²) in [5.41, 5.74) is 7.64. The molecule has 0 aliphatic carbocycles. The highest BCUT2D eigenvalue weighted by molar-refractivity contribution is 7.98. The van der Waals surface area contributed by atoms with E-state index in [0.29, 0.717) is 20.6 Å². The summed E-state index contributed by atoms with van der Waals surface area (Å²) in [6.07, 6.45) is 3.97. The Morgan fingerprint density at radius 2 is 1.75 bits per heavy atom. The lowest BCUT2D eigenvalue weighted by atomic mass is 9.93. The normalized spacial score (nSPS) is 14.8. The SMILES string of the molecule is CCOC(=O)C1=C(c2ccccc2)N=c2s/c(=C/c3cc(C)n(-c4cccc(C)c4)c3C)c(=O)n2[C@@H]1c1ccc(SC)cc1. The molecule has 1 aliphatic rings. The van der Waals surface area contributed by atoms with Gasteiger partial charge in [-0.3, -0.25) is 9.36 Å². The number of nitrogens with zero attached hydrogens (tertiary/aromatic N) is 3. The van der Waals surface area contributed by atoms with Crippen LogP contribution in [0.25, 0.3) is 17.5 Å². The van der Waals surface area contributed by atoms with Gasteiger partial charge in [-0.25, -0.2) is 9.79 Å². The molecule has 0 saturated carbocycles. The molecule has 0 N–H and O–H groups in total. The van der Waals surface area contributed by atoms with Crippen LogP contribution in [0.3, 0.4) is 0 Å². The van der Waals surface area contributed by atoms with Crippen molar-refractivity contribution in [1.29, 1.82) is 0 Å². The van der Waals surface area contributed by atoms with Crippen LogP contribution in [0.4, 0.5) is 0 Å². The lowest BCUT2D eigenvalue weighted by Gasteiger charge is -2.26. The molecule has 0 fully saturated rings. The number of hydrogen-bond donors (Lipinski definition) is 0. The van der Waals surface area contributed by atoms with Gasteiger partial charge in [-0.1, -0.05) is 65.9 Å². The number of aryl methyl sites for hydroxylation is 2. The molecule has 0 spiro atoms. The van der Waals surface area contributed by atoms with Gasteiger partial charge in [-0.2, -0.15) is 0 Å². The van der Waals surface area contributed by atoms with Crippen LogP contribution in [0.5, 0.6) is 0 Å². The summed E-state index contributed by atoms with van der Waals surface area (Å²) in [6.45, 7) is 8.22. The fraction of sp³-hybridized carbons (Fsp3) is 0.194. The maximum Gasteiger partial charge on any atom is 0.338 e. The molecule has 3 heterocycles. The number of esters is 1. The number of carbonyl (C=O) groups excluding carboxylic acids is 1. The summed E-state index contributed by atoms with van der Waals surface area (Å²) in [5, 5.41) is 0. The zero-order chi connectivity index (χ0) is 31.0. The van der Waals surface area contributed by atoms with Gasteiger partial charge in [0.05, 0.1) is 28.5 Å². The van der Waals surface area contributed by atoms with Crippen LogP contribution in [-0.2, 0) is 9.53 Å². The van der Waals surface area contributed by atoms with Crippen molar-refractivity contribution in [3.8, 4) is 5.69 Å². The van der Waals surface area contributed by atoms with Crippen LogP contribution >= 0.6 is 23.1 Å². The first-order valence-electron chi connectivity index (χ1n) is 14.5. The predicted molar refractivity (Wildman–Crippen MR) is 179 cm³/mol. The first-order valence-corrected chi connectivity index (χ1v) is 16.5. The van der Waals surface area contributed by atoms with Crippen molar-refractivity contribution in [2.75, 3.05) is 12.9 Å². The average molecular weight is 620 g/mol. The van der Waals surface area contributed by atoms with Crippen molar-refractivity contribution >= 4 is 40.8 Å². The molecular weight excluding hydrogens is 587 g/mol. The molecule has 0 radical (unpaired) electrons. The van der Waals surface area contributed by atoms with E-state index in [1.807, 2.05) is 66.9 Å². The van der Waals surface area contributed by atoms with Crippen LogP contribution < -0.4 is 14.9 Å². The summed E-state index contributed by atoms with van der Waals surface area (Å²) in [4.78, 5) is 34.6. The molecule has 6 nitrogen and oxygen atoms in total. The summed E-state index contributed by atoms with van der Waals surface area (Å²) >= 11 is 2.98. The highest BCUT2D eigenvalue weighted by atomic mass is 32.2. The second-order valence-electron chi connectivity index (χ2n) is 10.7. The summed E-state index contributed by atoms with van der Waals surface area (Å²) in [5.74, 6) is -0.481. The van der Waals surface area contributed by atoms with Gasteiger partial charge in [0.2, 0.25) is 0 Å². The van der Waals surface area contributed by atoms with Crippen LogP contribution in [-0.4, -0.2) is 28.0 Å². The lowest BCUT2D eigenvalue weighted by molar-refractivity contribution is -0.138. The smallest absolute Gasteiger partial charge is 0.338 e. The second-order valence-corrected chi connectivity index (χ2v) is 12.6. The fourth-order valence-corrected chi connectivity index (χ4v) is 7.18. The summed E-state index contributed by atoms with van der Waals surface area (Å²) in [6, 6.07) is 27.4. The monoisotopic (exact) mass is 619 g/mol. The Hall–Kier alpha value is -4.40.